The Bertz CT molecular complexity index is 1470. The van der Waals surface area contributed by atoms with Crippen molar-refractivity contribution in [1.29, 1.82) is 0 Å². The number of aromatic nitrogens is 2. The number of imidazole rings is 1. The van der Waals surface area contributed by atoms with E-state index in [-0.39, 0.29) is 18.9 Å². The summed E-state index contributed by atoms with van der Waals surface area (Å²) in [5.41, 5.74) is 4.39. The number of hydrogen-bond acceptors (Lipinski definition) is 4. The fraction of sp³-hybridized carbons (Fsp3) is 0.192. The van der Waals surface area contributed by atoms with Crippen molar-refractivity contribution in [3.63, 3.8) is 0 Å². The van der Waals surface area contributed by atoms with Crippen LogP contribution in [0.4, 0.5) is 5.69 Å². The fourth-order valence-electron chi connectivity index (χ4n) is 3.81. The topological polar surface area (TPSA) is 87.5 Å². The van der Waals surface area contributed by atoms with Crippen LogP contribution >= 0.6 is 34.8 Å². The molecule has 4 aromatic rings. The maximum absolute atomic E-state index is 12.6. The van der Waals surface area contributed by atoms with Gasteiger partial charge in [0.05, 0.1) is 32.5 Å². The van der Waals surface area contributed by atoms with Crippen molar-refractivity contribution in [2.75, 3.05) is 25.5 Å². The van der Waals surface area contributed by atoms with Gasteiger partial charge in [-0.3, -0.25) is 9.59 Å². The molecule has 1 aromatic heterocycles. The van der Waals surface area contributed by atoms with Crippen LogP contribution in [0.2, 0.25) is 15.1 Å². The molecular weight excluding hydrogens is 523 g/mol. The van der Waals surface area contributed by atoms with Crippen molar-refractivity contribution in [2.45, 2.75) is 13.0 Å². The van der Waals surface area contributed by atoms with Gasteiger partial charge in [0.1, 0.15) is 5.82 Å². The summed E-state index contributed by atoms with van der Waals surface area (Å²) in [5.74, 6) is -0.712. The number of halogens is 3. The van der Waals surface area contributed by atoms with Gasteiger partial charge in [-0.15, -0.1) is 0 Å². The second kappa shape index (κ2) is 10.8. The van der Waals surface area contributed by atoms with E-state index in [1.54, 1.807) is 24.3 Å². The average molecular weight is 546 g/mol. The van der Waals surface area contributed by atoms with Crippen molar-refractivity contribution < 1.29 is 14.7 Å². The number of nitrogens with one attached hydrogen (secondary N) is 1. The number of benzene rings is 3. The third kappa shape index (κ3) is 5.59. The van der Waals surface area contributed by atoms with E-state index in [2.05, 4.69) is 5.32 Å². The van der Waals surface area contributed by atoms with Gasteiger partial charge >= 0.3 is 5.97 Å². The first-order valence-corrected chi connectivity index (χ1v) is 12.2. The first-order valence-electron chi connectivity index (χ1n) is 11.1. The summed E-state index contributed by atoms with van der Waals surface area (Å²) >= 11 is 19.0. The summed E-state index contributed by atoms with van der Waals surface area (Å²) in [7, 11) is 3.88. The number of anilines is 1. The Balaban J connectivity index is 1.79. The van der Waals surface area contributed by atoms with Crippen LogP contribution < -0.4 is 10.2 Å². The first-order chi connectivity index (χ1) is 17.1. The molecule has 1 heterocycles. The second-order valence-electron chi connectivity index (χ2n) is 8.43. The Labute approximate surface area is 223 Å². The zero-order chi connectivity index (χ0) is 26.0. The van der Waals surface area contributed by atoms with E-state index in [4.69, 9.17) is 44.9 Å². The molecule has 3 aromatic carbocycles. The van der Waals surface area contributed by atoms with Crippen LogP contribution in [-0.2, 0) is 11.3 Å². The molecule has 10 heteroatoms. The third-order valence-corrected chi connectivity index (χ3v) is 6.72. The van der Waals surface area contributed by atoms with Gasteiger partial charge in [-0.2, -0.15) is 0 Å². The second-order valence-corrected chi connectivity index (χ2v) is 9.65. The summed E-state index contributed by atoms with van der Waals surface area (Å²) in [6, 6.07) is 16.4. The van der Waals surface area contributed by atoms with Gasteiger partial charge < -0.3 is 19.9 Å². The lowest BCUT2D eigenvalue weighted by Crippen LogP contribution is -2.25. The van der Waals surface area contributed by atoms with E-state index < -0.39 is 5.97 Å². The number of carboxylic acid groups (broad SMARTS) is 1. The molecule has 0 saturated heterocycles. The zero-order valence-electron chi connectivity index (χ0n) is 19.6. The molecule has 0 aliphatic heterocycles. The van der Waals surface area contributed by atoms with E-state index in [0.717, 1.165) is 22.3 Å². The predicted octanol–water partition coefficient (Wildman–Crippen LogP) is 5.98. The minimum Gasteiger partial charge on any atom is -0.481 e. The molecule has 0 atom stereocenters. The van der Waals surface area contributed by atoms with Gasteiger partial charge in [0.2, 0.25) is 0 Å². The van der Waals surface area contributed by atoms with E-state index in [1.807, 2.05) is 53.9 Å². The molecule has 7 nitrogen and oxygen atoms in total. The molecule has 0 aliphatic rings. The van der Waals surface area contributed by atoms with Gasteiger partial charge in [-0.25, -0.2) is 4.98 Å². The van der Waals surface area contributed by atoms with Gasteiger partial charge in [0.15, 0.2) is 0 Å². The van der Waals surface area contributed by atoms with Gasteiger partial charge in [0, 0.05) is 44.0 Å². The molecule has 0 spiro atoms. The highest BCUT2D eigenvalue weighted by Crippen LogP contribution is 2.34. The molecule has 0 aliphatic carbocycles. The smallest absolute Gasteiger partial charge is 0.305 e. The molecule has 1 amide bonds. The standard InChI is InChI=1S/C26H23Cl3N4O3/c1-32(2)17-5-6-18(20(28)13-17)25-31-22-12-16(26(36)30-10-9-24(34)35)4-8-23(22)33(25)14-15-3-7-19(27)21(29)11-15/h3-8,11-13H,9-10,14H2,1-2H3,(H,30,36)(H,34,35). The molecule has 0 fully saturated rings. The maximum atomic E-state index is 12.6. The highest BCUT2D eigenvalue weighted by atomic mass is 35.5. The van der Waals surface area contributed by atoms with Crippen molar-refractivity contribution in [1.82, 2.24) is 14.9 Å². The van der Waals surface area contributed by atoms with Crippen molar-refractivity contribution in [3.8, 4) is 11.4 Å². The highest BCUT2D eigenvalue weighted by molar-refractivity contribution is 6.42. The molecule has 0 radical (unpaired) electrons. The van der Waals surface area contributed by atoms with Crippen LogP contribution in [0.25, 0.3) is 22.4 Å². The van der Waals surface area contributed by atoms with E-state index in [9.17, 15) is 9.59 Å². The number of rotatable bonds is 8. The minimum absolute atomic E-state index is 0.0387. The molecule has 0 unspecified atom stereocenters. The molecule has 186 valence electrons. The Hall–Kier alpha value is -3.26. The Morgan fingerprint density at radius 3 is 2.42 bits per heavy atom. The maximum Gasteiger partial charge on any atom is 0.305 e. The summed E-state index contributed by atoms with van der Waals surface area (Å²) in [6.07, 6.45) is -0.155. The monoisotopic (exact) mass is 544 g/mol. The molecule has 36 heavy (non-hydrogen) atoms. The summed E-state index contributed by atoms with van der Waals surface area (Å²) in [6.45, 7) is 0.482. The van der Waals surface area contributed by atoms with Crippen LogP contribution in [0.3, 0.4) is 0 Å². The van der Waals surface area contributed by atoms with E-state index in [1.165, 1.54) is 0 Å². The normalized spacial score (nSPS) is 11.0. The highest BCUT2D eigenvalue weighted by Gasteiger charge is 2.18. The number of carbonyl (C=O) groups excluding carboxylic acids is 1. The third-order valence-electron chi connectivity index (χ3n) is 5.67. The Morgan fingerprint density at radius 2 is 1.75 bits per heavy atom. The fourth-order valence-corrected chi connectivity index (χ4v) is 4.39. The largest absolute Gasteiger partial charge is 0.481 e. The number of nitrogens with zero attached hydrogens (tertiary/aromatic N) is 3. The van der Waals surface area contributed by atoms with Crippen LogP contribution in [0, 0.1) is 0 Å². The van der Waals surface area contributed by atoms with Gasteiger partial charge in [-0.05, 0) is 54.1 Å². The average Bonchev–Trinajstić information content (AvgIpc) is 3.18. The van der Waals surface area contributed by atoms with E-state index >= 15 is 0 Å². The van der Waals surface area contributed by atoms with E-state index in [0.29, 0.717) is 38.5 Å². The van der Waals surface area contributed by atoms with Gasteiger partial charge in [-0.1, -0.05) is 40.9 Å². The molecule has 4 rings (SSSR count). The lowest BCUT2D eigenvalue weighted by molar-refractivity contribution is -0.136. The number of aliphatic carboxylic acids is 1. The number of carbonyl (C=O) groups is 2. The van der Waals surface area contributed by atoms with Crippen molar-refractivity contribution in [3.05, 3.63) is 80.8 Å². The van der Waals surface area contributed by atoms with Crippen LogP contribution in [0.1, 0.15) is 22.3 Å². The Morgan fingerprint density at radius 1 is 0.972 bits per heavy atom. The number of hydrogen-bond donors (Lipinski definition) is 2. The minimum atomic E-state index is -0.978. The quantitative estimate of drug-likeness (QED) is 0.284. The van der Waals surface area contributed by atoms with Crippen LogP contribution in [-0.4, -0.2) is 47.2 Å². The number of fused-ring (bicyclic) bond motifs is 1. The van der Waals surface area contributed by atoms with Crippen LogP contribution in [0.5, 0.6) is 0 Å². The lowest BCUT2D eigenvalue weighted by atomic mass is 10.1. The summed E-state index contributed by atoms with van der Waals surface area (Å²) in [4.78, 5) is 30.1. The molecule has 0 bridgehead atoms. The van der Waals surface area contributed by atoms with Crippen LogP contribution in [0.15, 0.2) is 54.6 Å². The predicted molar refractivity (Wildman–Crippen MR) is 145 cm³/mol. The summed E-state index contributed by atoms with van der Waals surface area (Å²) in [5, 5.41) is 12.9. The van der Waals surface area contributed by atoms with Crippen molar-refractivity contribution in [2.24, 2.45) is 0 Å². The number of amides is 1. The Kier molecular flexibility index (Phi) is 7.73. The first kappa shape index (κ1) is 25.8. The molecule has 0 saturated carbocycles. The zero-order valence-corrected chi connectivity index (χ0v) is 21.8. The molecular formula is C26H23Cl3N4O3. The lowest BCUT2D eigenvalue weighted by Gasteiger charge is -2.15. The molecule has 2 N–H and O–H groups in total. The van der Waals surface area contributed by atoms with Crippen molar-refractivity contribution >= 4 is 63.4 Å². The summed E-state index contributed by atoms with van der Waals surface area (Å²) < 4.78 is 2.01. The SMILES string of the molecule is CN(C)c1ccc(-c2nc3cc(C(=O)NCCC(=O)O)ccc3n2Cc2ccc(Cl)c(Cl)c2)c(Cl)c1. The number of carboxylic acids is 1. The van der Waals surface area contributed by atoms with Gasteiger partial charge in [0.25, 0.3) is 5.91 Å².